The number of aromatic hydroxyl groups is 1. The molecule has 0 aliphatic carbocycles. The summed E-state index contributed by atoms with van der Waals surface area (Å²) in [6.45, 7) is 0. The van der Waals surface area contributed by atoms with Gasteiger partial charge in [0.1, 0.15) is 23.6 Å². The van der Waals surface area contributed by atoms with E-state index in [4.69, 9.17) is 14.5 Å². The second-order valence-corrected chi connectivity index (χ2v) is 8.69. The molecule has 0 spiro atoms. The molecule has 36 heavy (non-hydrogen) atoms. The lowest BCUT2D eigenvalue weighted by Crippen LogP contribution is -2.15. The van der Waals surface area contributed by atoms with Crippen LogP contribution in [0.15, 0.2) is 91.3 Å². The van der Waals surface area contributed by atoms with Crippen molar-refractivity contribution in [3.63, 3.8) is 0 Å². The summed E-state index contributed by atoms with van der Waals surface area (Å²) in [6, 6.07) is 27.4. The molecule has 0 saturated heterocycles. The molecule has 3 heterocycles. The van der Waals surface area contributed by atoms with E-state index in [2.05, 4.69) is 40.4 Å². The molecule has 0 bridgehead atoms. The fraction of sp³-hybridized carbons (Fsp3) is 0.0690. The van der Waals surface area contributed by atoms with Gasteiger partial charge in [0, 0.05) is 11.5 Å². The maximum atomic E-state index is 10.4. The van der Waals surface area contributed by atoms with E-state index in [0.717, 1.165) is 39.0 Å². The summed E-state index contributed by atoms with van der Waals surface area (Å²) in [7, 11) is 1.66. The van der Waals surface area contributed by atoms with Crippen molar-refractivity contribution in [2.24, 2.45) is 0 Å². The largest absolute Gasteiger partial charge is 0.507 e. The third-order valence-electron chi connectivity index (χ3n) is 6.70. The van der Waals surface area contributed by atoms with Crippen molar-refractivity contribution in [1.29, 1.82) is 0 Å². The Hall–Kier alpha value is -4.91. The summed E-state index contributed by atoms with van der Waals surface area (Å²) in [6.07, 6.45) is 1.60. The van der Waals surface area contributed by atoms with Crippen molar-refractivity contribution in [1.82, 2.24) is 19.6 Å². The maximum absolute atomic E-state index is 10.4. The Labute approximate surface area is 206 Å². The lowest BCUT2D eigenvalue weighted by molar-refractivity contribution is 0.414. The molecule has 4 aromatic carbocycles. The monoisotopic (exact) mass is 472 g/mol. The van der Waals surface area contributed by atoms with Crippen molar-refractivity contribution in [3.05, 3.63) is 108 Å². The number of benzene rings is 4. The Morgan fingerprint density at radius 1 is 0.889 bits per heavy atom. The van der Waals surface area contributed by atoms with Gasteiger partial charge in [-0.1, -0.05) is 54.6 Å². The van der Waals surface area contributed by atoms with Gasteiger partial charge in [-0.15, -0.1) is 5.10 Å². The zero-order valence-electron chi connectivity index (χ0n) is 19.3. The Bertz CT molecular complexity index is 1780. The van der Waals surface area contributed by atoms with Crippen LogP contribution < -0.4 is 9.47 Å². The highest BCUT2D eigenvalue weighted by molar-refractivity contribution is 5.91. The number of ether oxygens (including phenoxy) is 2. The minimum absolute atomic E-state index is 0.120. The summed E-state index contributed by atoms with van der Waals surface area (Å²) < 4.78 is 13.4. The predicted molar refractivity (Wildman–Crippen MR) is 136 cm³/mol. The summed E-state index contributed by atoms with van der Waals surface area (Å²) in [5.41, 5.74) is 4.10. The van der Waals surface area contributed by atoms with E-state index < -0.39 is 0 Å². The number of fused-ring (bicyclic) bond motifs is 6. The number of rotatable bonds is 3. The summed E-state index contributed by atoms with van der Waals surface area (Å²) in [4.78, 5) is 9.48. The second kappa shape index (κ2) is 7.81. The molecular weight excluding hydrogens is 452 g/mol. The number of phenolic OH excluding ortho intramolecular Hbond substituents is 1. The number of para-hydroxylation sites is 1. The molecule has 0 unspecified atom stereocenters. The summed E-state index contributed by atoms with van der Waals surface area (Å²) >= 11 is 0. The van der Waals surface area contributed by atoms with E-state index in [0.29, 0.717) is 22.9 Å². The van der Waals surface area contributed by atoms with Gasteiger partial charge in [-0.2, -0.15) is 0 Å². The van der Waals surface area contributed by atoms with Crippen LogP contribution in [0.25, 0.3) is 27.8 Å². The average molecular weight is 473 g/mol. The van der Waals surface area contributed by atoms with Gasteiger partial charge in [-0.05, 0) is 46.7 Å². The molecule has 1 atom stereocenters. The average Bonchev–Trinajstić information content (AvgIpc) is 3.36. The number of nitrogens with zero attached hydrogens (tertiary/aromatic N) is 4. The molecule has 7 heteroatoms. The first kappa shape index (κ1) is 20.5. The lowest BCUT2D eigenvalue weighted by Gasteiger charge is -2.29. The molecule has 7 nitrogen and oxygen atoms in total. The maximum Gasteiger partial charge on any atom is 0.228 e. The summed E-state index contributed by atoms with van der Waals surface area (Å²) in [5, 5.41) is 17.3. The van der Waals surface area contributed by atoms with Gasteiger partial charge in [-0.3, -0.25) is 0 Å². The van der Waals surface area contributed by atoms with E-state index in [9.17, 15) is 5.11 Å². The molecule has 6 aromatic rings. The molecule has 2 aromatic heterocycles. The van der Waals surface area contributed by atoms with Gasteiger partial charge in [-0.25, -0.2) is 14.5 Å². The van der Waals surface area contributed by atoms with Crippen LogP contribution in [0.3, 0.4) is 0 Å². The van der Waals surface area contributed by atoms with E-state index in [1.54, 1.807) is 36.2 Å². The van der Waals surface area contributed by atoms with Gasteiger partial charge >= 0.3 is 0 Å². The highest BCUT2D eigenvalue weighted by Gasteiger charge is 2.34. The Morgan fingerprint density at radius 3 is 2.53 bits per heavy atom. The first-order valence-corrected chi connectivity index (χ1v) is 11.6. The van der Waals surface area contributed by atoms with Gasteiger partial charge in [0.25, 0.3) is 0 Å². The van der Waals surface area contributed by atoms with Crippen LogP contribution in [0.4, 0.5) is 0 Å². The van der Waals surface area contributed by atoms with Gasteiger partial charge in [0.2, 0.25) is 5.88 Å². The molecule has 1 N–H and O–H groups in total. The number of phenols is 1. The molecule has 0 fully saturated rings. The van der Waals surface area contributed by atoms with Crippen LogP contribution in [-0.2, 0) is 0 Å². The van der Waals surface area contributed by atoms with Crippen LogP contribution in [-0.4, -0.2) is 31.8 Å². The van der Waals surface area contributed by atoms with E-state index in [1.165, 1.54) is 0 Å². The van der Waals surface area contributed by atoms with Crippen molar-refractivity contribution >= 4 is 16.4 Å². The van der Waals surface area contributed by atoms with Gasteiger partial charge in [0.05, 0.1) is 18.2 Å². The number of methoxy groups -OCH3 is 1. The van der Waals surface area contributed by atoms with Crippen molar-refractivity contribution < 1.29 is 14.6 Å². The van der Waals surface area contributed by atoms with Crippen LogP contribution in [0.5, 0.6) is 23.1 Å². The minimum atomic E-state index is -0.210. The SMILES string of the molecule is COc1ccc([C@H]2c3c(ccc4ccccc34)Oc3ncn4nc(-c5ccccc5O)nc4c32)cc1. The smallest absolute Gasteiger partial charge is 0.228 e. The third kappa shape index (κ3) is 3.03. The van der Waals surface area contributed by atoms with Gasteiger partial charge < -0.3 is 14.6 Å². The Balaban J connectivity index is 1.53. The lowest BCUT2D eigenvalue weighted by atomic mass is 9.81. The molecule has 0 saturated carbocycles. The van der Waals surface area contributed by atoms with Crippen LogP contribution in [0.2, 0.25) is 0 Å². The molecule has 0 radical (unpaired) electrons. The number of hydrogen-bond acceptors (Lipinski definition) is 6. The topological polar surface area (TPSA) is 81.8 Å². The van der Waals surface area contributed by atoms with Crippen molar-refractivity contribution in [3.8, 4) is 34.5 Å². The molecule has 1 aliphatic heterocycles. The van der Waals surface area contributed by atoms with E-state index in [-0.39, 0.29) is 11.7 Å². The third-order valence-corrected chi connectivity index (χ3v) is 6.70. The van der Waals surface area contributed by atoms with E-state index >= 15 is 0 Å². The molecule has 0 amide bonds. The normalized spacial score (nSPS) is 14.3. The molecule has 7 rings (SSSR count). The highest BCUT2D eigenvalue weighted by Crippen LogP contribution is 2.50. The van der Waals surface area contributed by atoms with Crippen LogP contribution in [0.1, 0.15) is 22.6 Å². The standard InChI is InChI=1S/C29H20N4O3/c1-35-19-13-10-18(11-14-19)24-25-20-7-3-2-6-17(20)12-15-23(25)36-29-26(24)28-31-27(32-33(28)16-30-29)21-8-4-5-9-22(21)34/h2-16,24,34H,1H3/t24-/m0/s1. The highest BCUT2D eigenvalue weighted by atomic mass is 16.5. The molecular formula is C29H20N4O3. The Kier molecular flexibility index (Phi) is 4.44. The predicted octanol–water partition coefficient (Wildman–Crippen LogP) is 5.94. The second-order valence-electron chi connectivity index (χ2n) is 8.69. The first-order valence-electron chi connectivity index (χ1n) is 11.6. The van der Waals surface area contributed by atoms with Crippen molar-refractivity contribution in [2.75, 3.05) is 7.11 Å². The molecule has 174 valence electrons. The zero-order valence-corrected chi connectivity index (χ0v) is 19.3. The number of hydrogen-bond donors (Lipinski definition) is 1. The molecule has 1 aliphatic rings. The first-order chi connectivity index (χ1) is 17.7. The number of aromatic nitrogens is 4. The Morgan fingerprint density at radius 2 is 1.69 bits per heavy atom. The fourth-order valence-corrected chi connectivity index (χ4v) is 5.01. The van der Waals surface area contributed by atoms with Gasteiger partial charge in [0.15, 0.2) is 11.5 Å². The van der Waals surface area contributed by atoms with Crippen LogP contribution >= 0.6 is 0 Å². The van der Waals surface area contributed by atoms with E-state index in [1.807, 2.05) is 36.4 Å². The quantitative estimate of drug-likeness (QED) is 0.343. The zero-order chi connectivity index (χ0) is 24.2. The summed E-state index contributed by atoms with van der Waals surface area (Å²) in [5.74, 6) is 2.36. The van der Waals surface area contributed by atoms with Crippen molar-refractivity contribution in [2.45, 2.75) is 5.92 Å². The van der Waals surface area contributed by atoms with Crippen LogP contribution in [0, 0.1) is 0 Å². The minimum Gasteiger partial charge on any atom is -0.507 e. The fourth-order valence-electron chi connectivity index (χ4n) is 5.01.